The molecule has 0 unspecified atom stereocenters. The number of allylic oxidation sites excluding steroid dienone is 1. The van der Waals surface area contributed by atoms with Crippen molar-refractivity contribution in [1.29, 1.82) is 0 Å². The second-order valence-electron chi connectivity index (χ2n) is 13.9. The van der Waals surface area contributed by atoms with Crippen molar-refractivity contribution >= 4 is 39.0 Å². The van der Waals surface area contributed by atoms with Crippen LogP contribution in [0, 0.1) is 0 Å². The van der Waals surface area contributed by atoms with Gasteiger partial charge in [0.25, 0.3) is 0 Å². The van der Waals surface area contributed by atoms with Crippen molar-refractivity contribution in [3.63, 3.8) is 0 Å². The van der Waals surface area contributed by atoms with E-state index in [1.807, 2.05) is 36.4 Å². The SMILES string of the molecule is C1=Cc2oc3c(-c4ccccc4-c4ccccc4-c4nnc(-c5ccccc5-c5ccccc5-c5cccc6c5oc5ccccc56)o4)cccc3c2CC1. The molecule has 10 aromatic rings. The van der Waals surface area contributed by atoms with E-state index < -0.39 is 0 Å². The maximum absolute atomic E-state index is 6.64. The first-order valence-corrected chi connectivity index (χ1v) is 18.6. The minimum atomic E-state index is 0.449. The Morgan fingerprint density at radius 2 is 0.800 bits per heavy atom. The smallest absolute Gasteiger partial charge is 0.248 e. The molecular formula is C50H32N2O3. The molecule has 0 fully saturated rings. The number of benzene rings is 7. The highest BCUT2D eigenvalue weighted by Crippen LogP contribution is 2.45. The zero-order valence-corrected chi connectivity index (χ0v) is 29.7. The van der Waals surface area contributed by atoms with Crippen LogP contribution in [-0.2, 0) is 6.42 Å². The Morgan fingerprint density at radius 1 is 0.364 bits per heavy atom. The molecule has 3 heterocycles. The zero-order chi connectivity index (χ0) is 36.3. The number of rotatable bonds is 6. The van der Waals surface area contributed by atoms with Gasteiger partial charge >= 0.3 is 0 Å². The lowest BCUT2D eigenvalue weighted by Gasteiger charge is -2.13. The van der Waals surface area contributed by atoms with Crippen LogP contribution < -0.4 is 0 Å². The minimum Gasteiger partial charge on any atom is -0.456 e. The first kappa shape index (κ1) is 31.3. The third-order valence-corrected chi connectivity index (χ3v) is 10.8. The number of hydrogen-bond acceptors (Lipinski definition) is 5. The normalized spacial score (nSPS) is 12.5. The Labute approximate surface area is 316 Å². The van der Waals surface area contributed by atoms with E-state index in [1.165, 1.54) is 10.9 Å². The fourth-order valence-corrected chi connectivity index (χ4v) is 8.33. The summed E-state index contributed by atoms with van der Waals surface area (Å²) in [5, 5.41) is 12.7. The highest BCUT2D eigenvalue weighted by atomic mass is 16.4. The van der Waals surface area contributed by atoms with E-state index in [1.54, 1.807) is 0 Å². The predicted octanol–water partition coefficient (Wildman–Crippen LogP) is 13.7. The quantitative estimate of drug-likeness (QED) is 0.172. The lowest BCUT2D eigenvalue weighted by molar-refractivity contribution is 0.585. The molecule has 1 aliphatic carbocycles. The maximum atomic E-state index is 6.64. The van der Waals surface area contributed by atoms with Crippen molar-refractivity contribution in [2.24, 2.45) is 0 Å². The summed E-state index contributed by atoms with van der Waals surface area (Å²) in [4.78, 5) is 0. The minimum absolute atomic E-state index is 0.449. The summed E-state index contributed by atoms with van der Waals surface area (Å²) in [6, 6.07) is 54.4. The lowest BCUT2D eigenvalue weighted by atomic mass is 9.90. The van der Waals surface area contributed by atoms with Crippen LogP contribution in [0.5, 0.6) is 0 Å². The van der Waals surface area contributed by atoms with Gasteiger partial charge in [-0.3, -0.25) is 0 Å². The van der Waals surface area contributed by atoms with Gasteiger partial charge in [0.1, 0.15) is 22.5 Å². The number of aryl methyl sites for hydroxylation is 1. The Bertz CT molecular complexity index is 3120. The van der Waals surface area contributed by atoms with Crippen LogP contribution in [0.4, 0.5) is 0 Å². The molecule has 7 aromatic carbocycles. The van der Waals surface area contributed by atoms with E-state index >= 15 is 0 Å². The third-order valence-electron chi connectivity index (χ3n) is 10.8. The molecule has 0 aliphatic heterocycles. The van der Waals surface area contributed by atoms with Crippen LogP contribution in [0.1, 0.15) is 17.7 Å². The van der Waals surface area contributed by atoms with E-state index in [4.69, 9.17) is 13.3 Å². The first-order chi connectivity index (χ1) is 27.3. The van der Waals surface area contributed by atoms with Gasteiger partial charge in [0.15, 0.2) is 0 Å². The van der Waals surface area contributed by atoms with Gasteiger partial charge in [-0.1, -0.05) is 146 Å². The second kappa shape index (κ2) is 12.7. The molecule has 0 atom stereocenters. The van der Waals surface area contributed by atoms with Gasteiger partial charge in [-0.2, -0.15) is 0 Å². The number of hydrogen-bond donors (Lipinski definition) is 0. The zero-order valence-electron chi connectivity index (χ0n) is 29.7. The van der Waals surface area contributed by atoms with Crippen LogP contribution in [0.25, 0.3) is 106 Å². The Morgan fingerprint density at radius 3 is 1.40 bits per heavy atom. The van der Waals surface area contributed by atoms with Gasteiger partial charge in [0.2, 0.25) is 11.8 Å². The molecule has 3 aromatic heterocycles. The van der Waals surface area contributed by atoms with Crippen molar-refractivity contribution in [1.82, 2.24) is 10.2 Å². The molecule has 55 heavy (non-hydrogen) atoms. The van der Waals surface area contributed by atoms with Crippen molar-refractivity contribution in [2.75, 3.05) is 0 Å². The lowest BCUT2D eigenvalue weighted by Crippen LogP contribution is -1.90. The summed E-state index contributed by atoms with van der Waals surface area (Å²) in [5.41, 5.74) is 14.0. The summed E-state index contributed by atoms with van der Waals surface area (Å²) < 4.78 is 19.6. The second-order valence-corrected chi connectivity index (χ2v) is 13.9. The highest BCUT2D eigenvalue weighted by Gasteiger charge is 2.23. The van der Waals surface area contributed by atoms with Gasteiger partial charge in [-0.05, 0) is 70.5 Å². The van der Waals surface area contributed by atoms with Crippen LogP contribution >= 0.6 is 0 Å². The molecule has 11 rings (SSSR count). The van der Waals surface area contributed by atoms with Crippen LogP contribution in [-0.4, -0.2) is 10.2 Å². The number of nitrogens with zero attached hydrogens (tertiary/aromatic N) is 2. The predicted molar refractivity (Wildman–Crippen MR) is 221 cm³/mol. The molecule has 0 amide bonds. The first-order valence-electron chi connectivity index (χ1n) is 18.6. The fourth-order valence-electron chi connectivity index (χ4n) is 8.33. The summed E-state index contributed by atoms with van der Waals surface area (Å²) >= 11 is 0. The number of aromatic nitrogens is 2. The van der Waals surface area contributed by atoms with E-state index in [9.17, 15) is 0 Å². The van der Waals surface area contributed by atoms with Crippen molar-refractivity contribution < 1.29 is 13.3 Å². The molecule has 260 valence electrons. The van der Waals surface area contributed by atoms with Gasteiger partial charge < -0.3 is 13.3 Å². The van der Waals surface area contributed by atoms with Crippen LogP contribution in [0.3, 0.4) is 0 Å². The van der Waals surface area contributed by atoms with Crippen molar-refractivity contribution in [2.45, 2.75) is 12.8 Å². The average Bonchev–Trinajstić information content (AvgIpc) is 4.00. The molecule has 5 nitrogen and oxygen atoms in total. The molecule has 0 N–H and O–H groups in total. The highest BCUT2D eigenvalue weighted by molar-refractivity contribution is 6.11. The Hall–Kier alpha value is -7.24. The fraction of sp³-hybridized carbons (Fsp3) is 0.0400. The Balaban J connectivity index is 1.01. The topological polar surface area (TPSA) is 65.2 Å². The van der Waals surface area contributed by atoms with Gasteiger partial charge in [-0.15, -0.1) is 10.2 Å². The van der Waals surface area contributed by atoms with Crippen molar-refractivity contribution in [3.8, 4) is 67.4 Å². The van der Waals surface area contributed by atoms with E-state index in [0.29, 0.717) is 11.8 Å². The van der Waals surface area contributed by atoms with E-state index in [0.717, 1.165) is 102 Å². The number of furan rings is 2. The molecule has 5 heteroatoms. The van der Waals surface area contributed by atoms with Crippen molar-refractivity contribution in [3.05, 3.63) is 175 Å². The number of fused-ring (bicyclic) bond motifs is 6. The molecule has 0 saturated carbocycles. The largest absolute Gasteiger partial charge is 0.456 e. The van der Waals surface area contributed by atoms with Gasteiger partial charge in [0, 0.05) is 44.0 Å². The molecule has 1 aliphatic rings. The summed E-state index contributed by atoms with van der Waals surface area (Å²) in [7, 11) is 0. The van der Waals surface area contributed by atoms with Gasteiger partial charge in [-0.25, -0.2) is 0 Å². The Kier molecular flexibility index (Phi) is 7.24. The third kappa shape index (κ3) is 5.08. The number of para-hydroxylation sites is 3. The van der Waals surface area contributed by atoms with Crippen LogP contribution in [0.2, 0.25) is 0 Å². The standard InChI is InChI=1S/C50H32N2O3/c1-3-17-33(39-25-13-27-41-37-21-9-11-29-45(37)53-47(39)41)31(15-1)35-19-5-7-23-43(35)49-51-52-50(55-49)44-24-8-6-20-36(44)32-16-2-4-18-34(32)40-26-14-28-42-38-22-10-12-30-46(38)54-48(40)42/h1-9,11-21,23-30H,10,22H2. The van der Waals surface area contributed by atoms with E-state index in [2.05, 4.69) is 144 Å². The van der Waals surface area contributed by atoms with Crippen LogP contribution in [0.15, 0.2) is 177 Å². The molecule has 0 spiro atoms. The average molecular weight is 709 g/mol. The van der Waals surface area contributed by atoms with E-state index in [-0.39, 0.29) is 0 Å². The molecule has 0 bridgehead atoms. The summed E-state index contributed by atoms with van der Waals surface area (Å²) in [5.74, 6) is 1.86. The summed E-state index contributed by atoms with van der Waals surface area (Å²) in [6.45, 7) is 0. The monoisotopic (exact) mass is 708 g/mol. The molecular weight excluding hydrogens is 677 g/mol. The van der Waals surface area contributed by atoms with Gasteiger partial charge in [0.05, 0.1) is 0 Å². The maximum Gasteiger partial charge on any atom is 0.248 e. The molecule has 0 saturated heterocycles. The molecule has 0 radical (unpaired) electrons. The summed E-state index contributed by atoms with van der Waals surface area (Å²) in [6.07, 6.45) is 6.30.